The molecule has 0 heterocycles. The van der Waals surface area contributed by atoms with Crippen molar-refractivity contribution in [1.29, 1.82) is 5.26 Å². The van der Waals surface area contributed by atoms with Crippen LogP contribution >= 0.6 is 0 Å². The minimum absolute atomic E-state index is 0.307. The van der Waals surface area contributed by atoms with Crippen LogP contribution in [-0.2, 0) is 4.79 Å². The van der Waals surface area contributed by atoms with Crippen molar-refractivity contribution < 1.29 is 14.3 Å². The fourth-order valence-corrected chi connectivity index (χ4v) is 2.55. The van der Waals surface area contributed by atoms with E-state index in [-0.39, 0.29) is 5.91 Å². The van der Waals surface area contributed by atoms with E-state index < -0.39 is 6.10 Å². The first-order valence-electron chi connectivity index (χ1n) is 8.36. The molecule has 0 saturated heterocycles. The molecule has 0 bridgehead atoms. The SMILES string of the molecule is COc1cccc(NC(=O)[C@@H](Oc2ccc(C#N)cc2)c2ccccc2)c1. The van der Waals surface area contributed by atoms with E-state index in [9.17, 15) is 4.79 Å². The highest BCUT2D eigenvalue weighted by molar-refractivity contribution is 5.95. The summed E-state index contributed by atoms with van der Waals surface area (Å²) in [6.07, 6.45) is -0.842. The summed E-state index contributed by atoms with van der Waals surface area (Å²) in [7, 11) is 1.57. The van der Waals surface area contributed by atoms with Gasteiger partial charge in [0.25, 0.3) is 5.91 Å². The van der Waals surface area contributed by atoms with Crippen molar-refractivity contribution in [1.82, 2.24) is 0 Å². The van der Waals surface area contributed by atoms with Crippen molar-refractivity contribution >= 4 is 11.6 Å². The van der Waals surface area contributed by atoms with Gasteiger partial charge in [-0.05, 0) is 36.4 Å². The standard InChI is InChI=1S/C22H18N2O3/c1-26-20-9-5-8-18(14-20)24-22(25)21(17-6-3-2-4-7-17)27-19-12-10-16(15-23)11-13-19/h2-14,21H,1H3,(H,24,25)/t21-/m0/s1. The zero-order valence-corrected chi connectivity index (χ0v) is 14.8. The van der Waals surface area contributed by atoms with Crippen LogP contribution in [0.4, 0.5) is 5.69 Å². The predicted octanol–water partition coefficient (Wildman–Crippen LogP) is 4.33. The molecule has 1 N–H and O–H groups in total. The van der Waals surface area contributed by atoms with E-state index in [0.29, 0.717) is 22.7 Å². The average molecular weight is 358 g/mol. The van der Waals surface area contributed by atoms with E-state index >= 15 is 0 Å². The third kappa shape index (κ3) is 4.65. The number of anilines is 1. The molecule has 0 aliphatic heterocycles. The van der Waals surface area contributed by atoms with Gasteiger partial charge in [-0.25, -0.2) is 0 Å². The lowest BCUT2D eigenvalue weighted by atomic mass is 10.1. The van der Waals surface area contributed by atoms with E-state index in [0.717, 1.165) is 5.56 Å². The fraction of sp³-hybridized carbons (Fsp3) is 0.0909. The molecule has 0 saturated carbocycles. The minimum Gasteiger partial charge on any atom is -0.497 e. The minimum atomic E-state index is -0.842. The summed E-state index contributed by atoms with van der Waals surface area (Å²) in [6, 6.07) is 25.1. The maximum absolute atomic E-state index is 12.9. The Bertz CT molecular complexity index is 947. The highest BCUT2D eigenvalue weighted by Gasteiger charge is 2.23. The predicted molar refractivity (Wildman–Crippen MR) is 103 cm³/mol. The van der Waals surface area contributed by atoms with Gasteiger partial charge < -0.3 is 14.8 Å². The third-order valence-electron chi connectivity index (χ3n) is 3.92. The van der Waals surface area contributed by atoms with Gasteiger partial charge in [0.2, 0.25) is 6.10 Å². The van der Waals surface area contributed by atoms with Gasteiger partial charge in [-0.2, -0.15) is 5.26 Å². The number of methoxy groups -OCH3 is 1. The molecule has 27 heavy (non-hydrogen) atoms. The van der Waals surface area contributed by atoms with Gasteiger partial charge in [-0.15, -0.1) is 0 Å². The Morgan fingerprint density at radius 2 is 1.70 bits per heavy atom. The number of carbonyl (C=O) groups is 1. The van der Waals surface area contributed by atoms with Gasteiger partial charge >= 0.3 is 0 Å². The summed E-state index contributed by atoms with van der Waals surface area (Å²) in [6.45, 7) is 0. The van der Waals surface area contributed by atoms with Crippen LogP contribution < -0.4 is 14.8 Å². The molecule has 0 radical (unpaired) electrons. The Hall–Kier alpha value is -3.78. The van der Waals surface area contributed by atoms with E-state index in [4.69, 9.17) is 14.7 Å². The van der Waals surface area contributed by atoms with Crippen LogP contribution in [-0.4, -0.2) is 13.0 Å². The van der Waals surface area contributed by atoms with E-state index in [1.807, 2.05) is 30.3 Å². The van der Waals surface area contributed by atoms with E-state index in [1.165, 1.54) is 0 Å². The lowest BCUT2D eigenvalue weighted by molar-refractivity contribution is -0.123. The molecular formula is C22H18N2O3. The second-order valence-corrected chi connectivity index (χ2v) is 5.77. The summed E-state index contributed by atoms with van der Waals surface area (Å²) >= 11 is 0. The first kappa shape index (κ1) is 18.0. The molecule has 0 spiro atoms. The Morgan fingerprint density at radius 3 is 2.37 bits per heavy atom. The van der Waals surface area contributed by atoms with Crippen molar-refractivity contribution in [3.63, 3.8) is 0 Å². The maximum atomic E-state index is 12.9. The normalized spacial score (nSPS) is 11.1. The third-order valence-corrected chi connectivity index (χ3v) is 3.92. The van der Waals surface area contributed by atoms with Crippen molar-refractivity contribution in [3.05, 3.63) is 90.0 Å². The molecule has 5 heteroatoms. The van der Waals surface area contributed by atoms with Crippen LogP contribution in [0.1, 0.15) is 17.2 Å². The van der Waals surface area contributed by atoms with Crippen molar-refractivity contribution in [3.8, 4) is 17.6 Å². The Labute approximate surface area is 157 Å². The van der Waals surface area contributed by atoms with Crippen LogP contribution in [0, 0.1) is 11.3 Å². The van der Waals surface area contributed by atoms with Gasteiger partial charge in [-0.3, -0.25) is 4.79 Å². The number of benzene rings is 3. The van der Waals surface area contributed by atoms with Crippen molar-refractivity contribution in [2.45, 2.75) is 6.10 Å². The summed E-state index contributed by atoms with van der Waals surface area (Å²) in [5, 5.41) is 11.8. The Kier molecular flexibility index (Phi) is 5.70. The van der Waals surface area contributed by atoms with Gasteiger partial charge in [0, 0.05) is 17.3 Å². The van der Waals surface area contributed by atoms with Crippen LogP contribution in [0.2, 0.25) is 0 Å². The van der Waals surface area contributed by atoms with Crippen molar-refractivity contribution in [2.75, 3.05) is 12.4 Å². The Balaban J connectivity index is 1.84. The quantitative estimate of drug-likeness (QED) is 0.712. The summed E-state index contributed by atoms with van der Waals surface area (Å²) < 4.78 is 11.1. The Morgan fingerprint density at radius 1 is 0.963 bits per heavy atom. The molecule has 3 rings (SSSR count). The molecule has 1 atom stereocenters. The van der Waals surface area contributed by atoms with Gasteiger partial charge in [0.1, 0.15) is 11.5 Å². The number of carbonyl (C=O) groups excluding carboxylic acids is 1. The fourth-order valence-electron chi connectivity index (χ4n) is 2.55. The number of hydrogen-bond donors (Lipinski definition) is 1. The zero-order chi connectivity index (χ0) is 19.1. The van der Waals surface area contributed by atoms with Gasteiger partial charge in [-0.1, -0.05) is 36.4 Å². The van der Waals surface area contributed by atoms with Gasteiger partial charge in [0.05, 0.1) is 18.7 Å². The van der Waals surface area contributed by atoms with E-state index in [1.54, 1.807) is 55.6 Å². The first-order valence-corrected chi connectivity index (χ1v) is 8.36. The molecule has 5 nitrogen and oxygen atoms in total. The molecule has 3 aromatic carbocycles. The highest BCUT2D eigenvalue weighted by atomic mass is 16.5. The first-order chi connectivity index (χ1) is 13.2. The largest absolute Gasteiger partial charge is 0.497 e. The lowest BCUT2D eigenvalue weighted by Crippen LogP contribution is -2.25. The van der Waals surface area contributed by atoms with E-state index in [2.05, 4.69) is 11.4 Å². The molecular weight excluding hydrogens is 340 g/mol. The molecule has 0 aliphatic carbocycles. The number of nitriles is 1. The topological polar surface area (TPSA) is 71.3 Å². The van der Waals surface area contributed by atoms with Crippen LogP contribution in [0.5, 0.6) is 11.5 Å². The summed E-state index contributed by atoms with van der Waals surface area (Å²) in [5.41, 5.74) is 1.87. The average Bonchev–Trinajstić information content (AvgIpc) is 2.73. The molecule has 134 valence electrons. The van der Waals surface area contributed by atoms with Crippen LogP contribution in [0.3, 0.4) is 0 Å². The second kappa shape index (κ2) is 8.54. The summed E-state index contributed by atoms with van der Waals surface area (Å²) in [5.74, 6) is 0.847. The van der Waals surface area contributed by atoms with Crippen LogP contribution in [0.25, 0.3) is 0 Å². The molecule has 0 fully saturated rings. The van der Waals surface area contributed by atoms with Gasteiger partial charge in [0.15, 0.2) is 0 Å². The molecule has 3 aromatic rings. The molecule has 0 aromatic heterocycles. The number of rotatable bonds is 6. The molecule has 1 amide bonds. The number of ether oxygens (including phenoxy) is 2. The van der Waals surface area contributed by atoms with Crippen LogP contribution in [0.15, 0.2) is 78.9 Å². The smallest absolute Gasteiger partial charge is 0.270 e. The summed E-state index contributed by atoms with van der Waals surface area (Å²) in [4.78, 5) is 12.9. The maximum Gasteiger partial charge on any atom is 0.270 e. The number of hydrogen-bond acceptors (Lipinski definition) is 4. The van der Waals surface area contributed by atoms with Crippen molar-refractivity contribution in [2.24, 2.45) is 0 Å². The number of nitrogens with one attached hydrogen (secondary N) is 1. The number of nitrogens with zero attached hydrogens (tertiary/aromatic N) is 1. The zero-order valence-electron chi connectivity index (χ0n) is 14.8. The monoisotopic (exact) mass is 358 g/mol. The molecule has 0 aliphatic rings. The molecule has 0 unspecified atom stereocenters. The number of amides is 1. The lowest BCUT2D eigenvalue weighted by Gasteiger charge is -2.19. The highest BCUT2D eigenvalue weighted by Crippen LogP contribution is 2.25. The second-order valence-electron chi connectivity index (χ2n) is 5.77.